The number of anilines is 2. The molecule has 2 heterocycles. The molecule has 116 valence electrons. The Hall–Kier alpha value is -1.63. The predicted octanol–water partition coefficient (Wildman–Crippen LogP) is 1.14. The van der Waals surface area contributed by atoms with Gasteiger partial charge in [0.15, 0.2) is 11.7 Å². The van der Waals surface area contributed by atoms with Crippen LogP contribution in [0.15, 0.2) is 35.8 Å². The first-order valence-corrected chi connectivity index (χ1v) is 8.50. The first-order chi connectivity index (χ1) is 10.7. The average molecular weight is 338 g/mol. The molecule has 22 heavy (non-hydrogen) atoms. The summed E-state index contributed by atoms with van der Waals surface area (Å²) in [5.74, 6) is 0.0323. The van der Waals surface area contributed by atoms with Crippen LogP contribution in [0.5, 0.6) is 0 Å². The first-order valence-electron chi connectivity index (χ1n) is 7.24. The number of hydrogen-bond acceptors (Lipinski definition) is 4. The van der Waals surface area contributed by atoms with Gasteiger partial charge in [0.05, 0.1) is 26.2 Å². The van der Waals surface area contributed by atoms with Gasteiger partial charge in [0, 0.05) is 22.3 Å². The lowest BCUT2D eigenvalue weighted by Gasteiger charge is -2.33. The Bertz CT molecular complexity index is 609. The molecule has 3 rings (SSSR count). The Morgan fingerprint density at radius 2 is 2.05 bits per heavy atom. The summed E-state index contributed by atoms with van der Waals surface area (Å²) >= 11 is 7.36. The lowest BCUT2D eigenvalue weighted by molar-refractivity contribution is -0.892. The largest absolute Gasteiger partial charge is 0.360 e. The number of rotatable bonds is 4. The van der Waals surface area contributed by atoms with E-state index in [1.807, 2.05) is 29.6 Å². The number of carbonyl (C=O) groups is 1. The summed E-state index contributed by atoms with van der Waals surface area (Å²) in [7, 11) is 0. The Morgan fingerprint density at radius 1 is 1.32 bits per heavy atom. The van der Waals surface area contributed by atoms with Crippen LogP contribution in [0.25, 0.3) is 0 Å². The van der Waals surface area contributed by atoms with Crippen LogP contribution in [-0.2, 0) is 4.79 Å². The van der Waals surface area contributed by atoms with Gasteiger partial charge in [-0.15, -0.1) is 11.3 Å². The molecular formula is C15H18ClN4OS+. The third-order valence-electron chi connectivity index (χ3n) is 3.75. The van der Waals surface area contributed by atoms with Gasteiger partial charge in [0.1, 0.15) is 0 Å². The minimum Gasteiger partial charge on any atom is -0.360 e. The van der Waals surface area contributed by atoms with Crippen LogP contribution in [0.4, 0.5) is 10.8 Å². The van der Waals surface area contributed by atoms with Crippen LogP contribution < -0.4 is 15.1 Å². The maximum Gasteiger partial charge on any atom is 0.281 e. The van der Waals surface area contributed by atoms with Crippen LogP contribution in [-0.4, -0.2) is 43.6 Å². The monoisotopic (exact) mass is 337 g/mol. The fraction of sp³-hybridized carbons (Fsp3) is 0.333. The van der Waals surface area contributed by atoms with Crippen molar-refractivity contribution in [3.8, 4) is 0 Å². The van der Waals surface area contributed by atoms with Gasteiger partial charge in [0.2, 0.25) is 0 Å². The standard InChI is InChI=1S/C15H17ClN4OS/c16-12-1-3-13(4-2-12)20-8-6-19(7-9-20)11-14(21)18-15-17-5-10-22-15/h1-5,10H,6-9,11H2,(H,17,18,21)/p+1. The number of aromatic nitrogens is 1. The molecule has 2 N–H and O–H groups in total. The molecule has 1 aliphatic rings. The zero-order valence-corrected chi connectivity index (χ0v) is 13.7. The summed E-state index contributed by atoms with van der Waals surface area (Å²) in [6, 6.07) is 7.92. The Labute approximate surface area is 138 Å². The minimum absolute atomic E-state index is 0.0323. The zero-order valence-electron chi connectivity index (χ0n) is 12.1. The second-order valence-electron chi connectivity index (χ2n) is 5.28. The molecule has 0 radical (unpaired) electrons. The van der Waals surface area contributed by atoms with E-state index in [0.717, 1.165) is 31.2 Å². The lowest BCUT2D eigenvalue weighted by atomic mass is 10.2. The maximum absolute atomic E-state index is 12.0. The molecule has 0 atom stereocenters. The van der Waals surface area contributed by atoms with Crippen LogP contribution >= 0.6 is 22.9 Å². The van der Waals surface area contributed by atoms with E-state index < -0.39 is 0 Å². The molecule has 0 spiro atoms. The maximum atomic E-state index is 12.0. The number of carbonyl (C=O) groups excluding carboxylic acids is 1. The van der Waals surface area contributed by atoms with Crippen molar-refractivity contribution in [1.82, 2.24) is 4.98 Å². The van der Waals surface area contributed by atoms with Crippen molar-refractivity contribution in [3.05, 3.63) is 40.9 Å². The number of hydrogen-bond donors (Lipinski definition) is 2. The summed E-state index contributed by atoms with van der Waals surface area (Å²) in [4.78, 5) is 19.7. The van der Waals surface area contributed by atoms with E-state index >= 15 is 0 Å². The molecule has 7 heteroatoms. The van der Waals surface area contributed by atoms with E-state index in [1.165, 1.54) is 21.9 Å². The molecule has 1 amide bonds. The molecule has 0 unspecified atom stereocenters. The summed E-state index contributed by atoms with van der Waals surface area (Å²) < 4.78 is 0. The molecule has 1 fully saturated rings. The topological polar surface area (TPSA) is 49.7 Å². The van der Waals surface area contributed by atoms with Crippen LogP contribution in [0.1, 0.15) is 0 Å². The molecule has 2 aromatic rings. The smallest absolute Gasteiger partial charge is 0.281 e. The van der Waals surface area contributed by atoms with E-state index in [4.69, 9.17) is 11.6 Å². The molecule has 1 saturated heterocycles. The molecular weight excluding hydrogens is 320 g/mol. The number of piperazine rings is 1. The Balaban J connectivity index is 1.47. The van der Waals surface area contributed by atoms with Crippen molar-refractivity contribution < 1.29 is 9.69 Å². The summed E-state index contributed by atoms with van der Waals surface area (Å²) in [5.41, 5.74) is 1.19. The van der Waals surface area contributed by atoms with Gasteiger partial charge in [-0.3, -0.25) is 10.1 Å². The van der Waals surface area contributed by atoms with Crippen molar-refractivity contribution in [2.45, 2.75) is 0 Å². The second-order valence-corrected chi connectivity index (χ2v) is 6.61. The fourth-order valence-electron chi connectivity index (χ4n) is 2.59. The van der Waals surface area contributed by atoms with E-state index in [2.05, 4.69) is 15.2 Å². The number of benzene rings is 1. The Kier molecular flexibility index (Phi) is 4.92. The van der Waals surface area contributed by atoms with Crippen LogP contribution in [0.2, 0.25) is 5.02 Å². The summed E-state index contributed by atoms with van der Waals surface area (Å²) in [6.07, 6.45) is 1.69. The van der Waals surface area contributed by atoms with Gasteiger partial charge in [0.25, 0.3) is 5.91 Å². The third-order valence-corrected chi connectivity index (χ3v) is 4.69. The lowest BCUT2D eigenvalue weighted by Crippen LogP contribution is -3.15. The van der Waals surface area contributed by atoms with Crippen molar-refractivity contribution in [3.63, 3.8) is 0 Å². The van der Waals surface area contributed by atoms with Gasteiger partial charge in [-0.05, 0) is 24.3 Å². The predicted molar refractivity (Wildman–Crippen MR) is 90.0 cm³/mol. The van der Waals surface area contributed by atoms with Crippen molar-refractivity contribution in [1.29, 1.82) is 0 Å². The van der Waals surface area contributed by atoms with Crippen LogP contribution in [0.3, 0.4) is 0 Å². The third kappa shape index (κ3) is 3.97. The average Bonchev–Trinajstić information content (AvgIpc) is 3.02. The first kappa shape index (κ1) is 15.3. The van der Waals surface area contributed by atoms with Crippen molar-refractivity contribution >= 4 is 39.7 Å². The highest BCUT2D eigenvalue weighted by atomic mass is 35.5. The summed E-state index contributed by atoms with van der Waals surface area (Å²) in [5, 5.41) is 6.12. The molecule has 5 nitrogen and oxygen atoms in total. The highest BCUT2D eigenvalue weighted by Crippen LogP contribution is 2.17. The van der Waals surface area contributed by atoms with E-state index in [1.54, 1.807) is 6.20 Å². The minimum atomic E-state index is 0.0323. The number of nitrogens with zero attached hydrogens (tertiary/aromatic N) is 2. The zero-order chi connectivity index (χ0) is 15.4. The highest BCUT2D eigenvalue weighted by molar-refractivity contribution is 7.13. The number of amides is 1. The SMILES string of the molecule is O=C(C[NH+]1CCN(c2ccc(Cl)cc2)CC1)Nc1nccs1. The van der Waals surface area contributed by atoms with Gasteiger partial charge in [-0.1, -0.05) is 11.6 Å². The van der Waals surface area contributed by atoms with Gasteiger partial charge in [-0.2, -0.15) is 0 Å². The van der Waals surface area contributed by atoms with Gasteiger partial charge < -0.3 is 9.80 Å². The normalized spacial score (nSPS) is 15.8. The van der Waals surface area contributed by atoms with Crippen molar-refractivity contribution in [2.75, 3.05) is 42.9 Å². The second kappa shape index (κ2) is 7.09. The number of thiazole rings is 1. The quantitative estimate of drug-likeness (QED) is 0.879. The van der Waals surface area contributed by atoms with E-state index in [0.29, 0.717) is 11.7 Å². The molecule has 0 aliphatic carbocycles. The van der Waals surface area contributed by atoms with Gasteiger partial charge in [-0.25, -0.2) is 4.98 Å². The number of quaternary nitrogens is 1. The molecule has 0 saturated carbocycles. The van der Waals surface area contributed by atoms with E-state index in [-0.39, 0.29) is 5.91 Å². The summed E-state index contributed by atoms with van der Waals surface area (Å²) in [6.45, 7) is 4.29. The van der Waals surface area contributed by atoms with Crippen molar-refractivity contribution in [2.24, 2.45) is 0 Å². The van der Waals surface area contributed by atoms with E-state index in [9.17, 15) is 4.79 Å². The molecule has 1 aromatic heterocycles. The number of halogens is 1. The Morgan fingerprint density at radius 3 is 2.68 bits per heavy atom. The van der Waals surface area contributed by atoms with Crippen LogP contribution in [0, 0.1) is 0 Å². The number of nitrogens with one attached hydrogen (secondary N) is 2. The molecule has 1 aromatic carbocycles. The fourth-order valence-corrected chi connectivity index (χ4v) is 3.26. The molecule has 0 bridgehead atoms. The van der Waals surface area contributed by atoms with Gasteiger partial charge >= 0.3 is 0 Å². The molecule has 1 aliphatic heterocycles. The highest BCUT2D eigenvalue weighted by Gasteiger charge is 2.22.